The van der Waals surface area contributed by atoms with Crippen LogP contribution in [0, 0.1) is 0 Å². The minimum absolute atomic E-state index is 0.0101. The fourth-order valence-corrected chi connectivity index (χ4v) is 17.3. The Balaban J connectivity index is 0.877. The Kier molecular flexibility index (Phi) is 10.8. The van der Waals surface area contributed by atoms with E-state index >= 15 is 0 Å². The Bertz CT molecular complexity index is 6300. The molecule has 452 valence electrons. The summed E-state index contributed by atoms with van der Waals surface area (Å²) in [5, 5.41) is 2.42. The van der Waals surface area contributed by atoms with Crippen LogP contribution in [0.25, 0.3) is 99.5 Å². The Hall–Kier alpha value is -12.1. The minimum Gasteiger partial charge on any atom is -0.457 e. The maximum absolute atomic E-state index is 9.73. The van der Waals surface area contributed by atoms with Crippen molar-refractivity contribution in [1.29, 1.82) is 0 Å². The zero-order chi connectivity index (χ0) is 70.7. The van der Waals surface area contributed by atoms with E-state index in [9.17, 15) is 8.22 Å². The summed E-state index contributed by atoms with van der Waals surface area (Å²) < 4.78 is 85.8. The van der Waals surface area contributed by atoms with Crippen LogP contribution < -0.4 is 26.0 Å². The number of fused-ring (bicyclic) bond motifs is 12. The second-order valence-corrected chi connectivity index (χ2v) is 26.3. The van der Waals surface area contributed by atoms with Gasteiger partial charge >= 0.3 is 0 Å². The highest BCUT2D eigenvalue weighted by atomic mass is 32.2. The topological polar surface area (TPSA) is 22.3 Å². The smallest absolute Gasteiger partial charge is 0.249 e. The van der Waals surface area contributed by atoms with Crippen LogP contribution in [0.3, 0.4) is 0 Å². The summed E-state index contributed by atoms with van der Waals surface area (Å²) in [6, 6.07) is 104. The van der Waals surface area contributed by atoms with Crippen molar-refractivity contribution in [2.24, 2.45) is 0 Å². The third-order valence-electron chi connectivity index (χ3n) is 20.2. The van der Waals surface area contributed by atoms with Gasteiger partial charge < -0.3 is 18.8 Å². The van der Waals surface area contributed by atoms with Crippen LogP contribution in [0.4, 0.5) is 17.1 Å². The standard InChI is InChI=1S/C91H58BN3OS/c1-5-24-60(25-6-1)69-36-23-37-70(61-26-7-2-8-27-61)90(69)95-83-58-68(94-81-41-20-15-34-73(81)74-35-16-21-42-82(74)94)50-52-77(83)92-78-51-46-63(59-44-48-67(49-45-59)93-79-39-18-13-32-71(79)72-33-14-19-40-80(72)93)56-87(78)97-88-57-64(55-84(95)89(88)92)62-47-53-86-76(54-62)91(65-28-9-3-10-29-65,66-30-11-4-12-31-66)75-38-17-22-43-85(75)96-86/h1-58H/i15D,16D,20D,21D,34D,35D,41D,42D. The van der Waals surface area contributed by atoms with Crippen LogP contribution >= 0.6 is 11.8 Å². The lowest BCUT2D eigenvalue weighted by molar-refractivity contribution is 0.434. The van der Waals surface area contributed by atoms with Gasteiger partial charge in [0.2, 0.25) is 6.71 Å². The van der Waals surface area contributed by atoms with Gasteiger partial charge in [0, 0.05) is 76.3 Å². The average Bonchev–Trinajstić information content (AvgIpc) is 1.43. The van der Waals surface area contributed by atoms with Gasteiger partial charge in [0.1, 0.15) is 11.5 Å². The summed E-state index contributed by atoms with van der Waals surface area (Å²) in [6.07, 6.45) is 0. The molecule has 0 saturated carbocycles. The molecule has 97 heavy (non-hydrogen) atoms. The first-order chi connectivity index (χ1) is 51.4. The van der Waals surface area contributed by atoms with Gasteiger partial charge in [-0.1, -0.05) is 284 Å². The highest BCUT2D eigenvalue weighted by molar-refractivity contribution is 8.00. The van der Waals surface area contributed by atoms with E-state index < -0.39 is 41.7 Å². The lowest BCUT2D eigenvalue weighted by Gasteiger charge is -2.42. The molecule has 0 atom stereocenters. The van der Waals surface area contributed by atoms with Crippen LogP contribution in [0.5, 0.6) is 11.5 Å². The van der Waals surface area contributed by atoms with Gasteiger partial charge in [-0.15, -0.1) is 0 Å². The Labute approximate surface area is 578 Å². The number of rotatable bonds is 9. The first-order valence-electron chi connectivity index (χ1n) is 36.8. The van der Waals surface area contributed by atoms with E-state index in [0.717, 1.165) is 138 Å². The molecule has 0 N–H and O–H groups in total. The van der Waals surface area contributed by atoms with E-state index in [2.05, 4.69) is 289 Å². The maximum Gasteiger partial charge on any atom is 0.249 e. The van der Waals surface area contributed by atoms with Crippen LogP contribution in [-0.4, -0.2) is 15.8 Å². The van der Waals surface area contributed by atoms with Gasteiger partial charge in [-0.3, -0.25) is 0 Å². The van der Waals surface area contributed by atoms with Crippen LogP contribution in [0.1, 0.15) is 33.2 Å². The molecule has 15 aromatic carbocycles. The zero-order valence-corrected chi connectivity index (χ0v) is 52.9. The first-order valence-corrected chi connectivity index (χ1v) is 33.6. The number of aromatic nitrogens is 2. The SMILES string of the molecule is [2H]c1c([2H])c([2H])c2c(c1[2H])c1c([2H])c([2H])c([2H])c([2H])c1n2-c1ccc2c(c1)N(c1c(-c3ccccc3)cccc1-c1ccccc1)c1cc(-c3ccc4c(c3)C(c3ccccc3)(c3ccccc3)c3ccccc3O4)cc3c1B2c1ccc(-c2ccc(-n4c5ccccc5c5ccccc54)cc2)cc1S3. The van der Waals surface area contributed by atoms with E-state index in [4.69, 9.17) is 7.48 Å². The molecule has 0 saturated heterocycles. The van der Waals surface area contributed by atoms with E-state index in [0.29, 0.717) is 5.69 Å². The quantitative estimate of drug-likeness (QED) is 0.135. The van der Waals surface area contributed by atoms with Crippen molar-refractivity contribution in [1.82, 2.24) is 9.13 Å². The van der Waals surface area contributed by atoms with Crippen molar-refractivity contribution in [3.8, 4) is 67.4 Å². The van der Waals surface area contributed by atoms with Gasteiger partial charge in [-0.05, 0) is 140 Å². The molecule has 0 amide bonds. The Morgan fingerprint density at radius 1 is 0.340 bits per heavy atom. The summed E-state index contributed by atoms with van der Waals surface area (Å²) in [4.78, 5) is 4.54. The monoisotopic (exact) mass is 1260 g/mol. The molecule has 0 bridgehead atoms. The van der Waals surface area contributed by atoms with Gasteiger partial charge in [0.25, 0.3) is 0 Å². The molecule has 0 fully saturated rings. The highest BCUT2D eigenvalue weighted by Gasteiger charge is 2.47. The number of anilines is 3. The Morgan fingerprint density at radius 2 is 0.856 bits per heavy atom. The summed E-state index contributed by atoms with van der Waals surface area (Å²) in [5.74, 6) is 1.53. The normalized spacial score (nSPS) is 14.4. The van der Waals surface area contributed by atoms with Crippen molar-refractivity contribution in [2.45, 2.75) is 15.2 Å². The average molecular weight is 1260 g/mol. The van der Waals surface area contributed by atoms with E-state index in [1.54, 1.807) is 16.3 Å². The van der Waals surface area contributed by atoms with Crippen LogP contribution in [0.15, 0.2) is 361 Å². The largest absolute Gasteiger partial charge is 0.457 e. The van der Waals surface area contributed by atoms with Gasteiger partial charge in [0.05, 0.1) is 44.1 Å². The predicted octanol–water partition coefficient (Wildman–Crippen LogP) is 21.8. The molecule has 0 spiro atoms. The molecule has 3 aliphatic rings. The van der Waals surface area contributed by atoms with E-state index in [1.165, 1.54) is 10.8 Å². The van der Waals surface area contributed by atoms with E-state index in [-0.39, 0.29) is 40.6 Å². The Morgan fingerprint density at radius 3 is 1.52 bits per heavy atom. The summed E-state index contributed by atoms with van der Waals surface area (Å²) in [6.45, 7) is -0.388. The zero-order valence-electron chi connectivity index (χ0n) is 60.1. The number of hydrogen-bond donors (Lipinski definition) is 0. The van der Waals surface area contributed by atoms with Crippen molar-refractivity contribution in [3.63, 3.8) is 0 Å². The van der Waals surface area contributed by atoms with E-state index in [1.807, 2.05) is 24.3 Å². The number of ether oxygens (including phenoxy) is 1. The van der Waals surface area contributed by atoms with Gasteiger partial charge in [-0.25, -0.2) is 0 Å². The molecule has 17 aromatic rings. The number of para-hydroxylation sites is 6. The summed E-state index contributed by atoms with van der Waals surface area (Å²) in [5.41, 5.74) is 20.8. The van der Waals surface area contributed by atoms with Gasteiger partial charge in [0.15, 0.2) is 0 Å². The molecule has 20 rings (SSSR count). The van der Waals surface area contributed by atoms with Crippen molar-refractivity contribution < 1.29 is 15.7 Å². The second kappa shape index (κ2) is 22.0. The number of nitrogens with zero attached hydrogens (tertiary/aromatic N) is 3. The molecule has 6 heteroatoms. The maximum atomic E-state index is 9.73. The molecule has 0 unspecified atom stereocenters. The minimum atomic E-state index is -0.819. The fraction of sp³-hybridized carbons (Fsp3) is 0.0110. The second-order valence-electron chi connectivity index (χ2n) is 25.2. The highest BCUT2D eigenvalue weighted by Crippen LogP contribution is 2.57. The molecule has 5 heterocycles. The van der Waals surface area contributed by atoms with Crippen molar-refractivity contribution in [3.05, 3.63) is 374 Å². The van der Waals surface area contributed by atoms with Crippen LogP contribution in [-0.2, 0) is 5.41 Å². The van der Waals surface area contributed by atoms with Crippen LogP contribution in [0.2, 0.25) is 0 Å². The summed E-state index contributed by atoms with van der Waals surface area (Å²) in [7, 11) is 0. The third kappa shape index (κ3) is 8.46. The lowest BCUT2D eigenvalue weighted by atomic mass is 9.34. The van der Waals surface area contributed by atoms with Crippen molar-refractivity contribution in [2.75, 3.05) is 4.90 Å². The molecule has 4 nitrogen and oxygen atoms in total. The van der Waals surface area contributed by atoms with Gasteiger partial charge in [-0.2, -0.15) is 0 Å². The number of hydrogen-bond acceptors (Lipinski definition) is 3. The first kappa shape index (κ1) is 47.7. The summed E-state index contributed by atoms with van der Waals surface area (Å²) >= 11 is 1.77. The third-order valence-corrected chi connectivity index (χ3v) is 21.3. The molecular weight excluding hydrogens is 1190 g/mol. The molecule has 0 aliphatic carbocycles. The number of benzene rings is 15. The fourth-order valence-electron chi connectivity index (χ4n) is 16.0. The molecular formula is C91H58BN3OS. The lowest BCUT2D eigenvalue weighted by Crippen LogP contribution is -2.59. The van der Waals surface area contributed by atoms with Crippen molar-refractivity contribution >= 4 is 95.5 Å². The molecule has 2 aromatic heterocycles. The molecule has 0 radical (unpaired) electrons. The predicted molar refractivity (Wildman–Crippen MR) is 405 cm³/mol. The molecule has 3 aliphatic heterocycles.